The van der Waals surface area contributed by atoms with Crippen LogP contribution in [-0.2, 0) is 19.6 Å². The summed E-state index contributed by atoms with van der Waals surface area (Å²) in [5.74, 6) is -1.15. The number of amides is 1. The predicted octanol–water partition coefficient (Wildman–Crippen LogP) is 1.98. The summed E-state index contributed by atoms with van der Waals surface area (Å²) in [7, 11) is -3.80. The molecule has 0 spiro atoms. The van der Waals surface area contributed by atoms with Crippen LogP contribution in [0.5, 0.6) is 0 Å². The number of esters is 1. The van der Waals surface area contributed by atoms with E-state index in [-0.39, 0.29) is 4.90 Å². The number of nitrogens with one attached hydrogen (secondary N) is 1. The van der Waals surface area contributed by atoms with Gasteiger partial charge in [-0.05, 0) is 62.4 Å². The lowest BCUT2D eigenvalue weighted by molar-refractivity contribution is -0.119. The molecule has 0 atom stereocenters. The van der Waals surface area contributed by atoms with Crippen LogP contribution in [0.1, 0.15) is 24.2 Å². The van der Waals surface area contributed by atoms with Gasteiger partial charge in [0.1, 0.15) is 0 Å². The van der Waals surface area contributed by atoms with E-state index in [1.54, 1.807) is 12.1 Å². The third kappa shape index (κ3) is 5.80. The Labute approximate surface area is 164 Å². The first-order valence-electron chi connectivity index (χ1n) is 8.69. The molecule has 0 aliphatic rings. The number of ether oxygens (including phenoxy) is 1. The van der Waals surface area contributed by atoms with Crippen molar-refractivity contribution in [1.29, 1.82) is 0 Å². The van der Waals surface area contributed by atoms with Gasteiger partial charge in [-0.1, -0.05) is 0 Å². The van der Waals surface area contributed by atoms with Gasteiger partial charge in [-0.25, -0.2) is 18.4 Å². The Hall–Kier alpha value is -2.91. The van der Waals surface area contributed by atoms with Gasteiger partial charge in [0.05, 0.1) is 10.5 Å². The molecule has 0 saturated heterocycles. The van der Waals surface area contributed by atoms with E-state index in [4.69, 9.17) is 9.88 Å². The van der Waals surface area contributed by atoms with E-state index in [2.05, 4.69) is 10.2 Å². The zero-order valence-corrected chi connectivity index (χ0v) is 16.5. The molecule has 3 N–H and O–H groups in total. The first-order valence-corrected chi connectivity index (χ1v) is 10.2. The molecule has 1 amide bonds. The predicted molar refractivity (Wildman–Crippen MR) is 107 cm³/mol. The van der Waals surface area contributed by atoms with Crippen molar-refractivity contribution in [3.8, 4) is 0 Å². The van der Waals surface area contributed by atoms with E-state index >= 15 is 0 Å². The van der Waals surface area contributed by atoms with Crippen LogP contribution < -0.4 is 15.4 Å². The lowest BCUT2D eigenvalue weighted by Gasteiger charge is -2.20. The Morgan fingerprint density at radius 2 is 1.57 bits per heavy atom. The topological polar surface area (TPSA) is 119 Å². The van der Waals surface area contributed by atoms with Crippen molar-refractivity contribution in [2.75, 3.05) is 29.9 Å². The summed E-state index contributed by atoms with van der Waals surface area (Å²) in [4.78, 5) is 26.1. The first-order chi connectivity index (χ1) is 13.2. The van der Waals surface area contributed by atoms with Gasteiger partial charge in [-0.3, -0.25) is 4.79 Å². The number of sulfonamides is 1. The molecule has 2 rings (SSSR count). The monoisotopic (exact) mass is 405 g/mol. The highest BCUT2D eigenvalue weighted by molar-refractivity contribution is 7.89. The van der Waals surface area contributed by atoms with Gasteiger partial charge >= 0.3 is 5.97 Å². The van der Waals surface area contributed by atoms with Gasteiger partial charge < -0.3 is 15.0 Å². The number of hydrogen-bond donors (Lipinski definition) is 2. The number of nitrogens with two attached hydrogens (primary N) is 1. The average Bonchev–Trinajstić information content (AvgIpc) is 2.67. The van der Waals surface area contributed by atoms with Crippen LogP contribution >= 0.6 is 0 Å². The Morgan fingerprint density at radius 1 is 1.00 bits per heavy atom. The number of nitrogens with zero attached hydrogens (tertiary/aromatic N) is 1. The van der Waals surface area contributed by atoms with Gasteiger partial charge in [0, 0.05) is 24.5 Å². The molecule has 0 heterocycles. The molecule has 0 aliphatic carbocycles. The maximum atomic E-state index is 12.1. The number of primary sulfonamides is 1. The Bertz CT molecular complexity index is 921. The zero-order valence-electron chi connectivity index (χ0n) is 15.7. The number of hydrogen-bond acceptors (Lipinski definition) is 6. The number of anilines is 2. The minimum atomic E-state index is -3.80. The second kappa shape index (κ2) is 9.34. The molecule has 0 radical (unpaired) electrons. The fourth-order valence-corrected chi connectivity index (χ4v) is 3.05. The quantitative estimate of drug-likeness (QED) is 0.648. The van der Waals surface area contributed by atoms with Crippen LogP contribution in [0.3, 0.4) is 0 Å². The van der Waals surface area contributed by atoms with Crippen molar-refractivity contribution in [3.63, 3.8) is 0 Å². The van der Waals surface area contributed by atoms with E-state index in [1.807, 2.05) is 26.0 Å². The van der Waals surface area contributed by atoms with Crippen molar-refractivity contribution < 1.29 is 22.7 Å². The smallest absolute Gasteiger partial charge is 0.338 e. The normalized spacial score (nSPS) is 11.0. The first kappa shape index (κ1) is 21.4. The Balaban J connectivity index is 1.89. The molecule has 2 aromatic carbocycles. The van der Waals surface area contributed by atoms with Crippen molar-refractivity contribution in [3.05, 3.63) is 54.1 Å². The SMILES string of the molecule is CCN(CC)c1ccc(C(=O)OCC(=O)Nc2ccc(S(N)(=O)=O)cc2)cc1. The highest BCUT2D eigenvalue weighted by Crippen LogP contribution is 2.16. The van der Waals surface area contributed by atoms with E-state index in [9.17, 15) is 18.0 Å². The summed E-state index contributed by atoms with van der Waals surface area (Å²) in [5, 5.41) is 7.52. The largest absolute Gasteiger partial charge is 0.452 e. The molecule has 0 aliphatic heterocycles. The fourth-order valence-electron chi connectivity index (χ4n) is 2.54. The molecule has 0 bridgehead atoms. The van der Waals surface area contributed by atoms with E-state index in [0.29, 0.717) is 11.3 Å². The highest BCUT2D eigenvalue weighted by atomic mass is 32.2. The minimum Gasteiger partial charge on any atom is -0.452 e. The molecule has 0 fully saturated rings. The Morgan fingerprint density at radius 3 is 2.07 bits per heavy atom. The van der Waals surface area contributed by atoms with Gasteiger partial charge in [0.2, 0.25) is 10.0 Å². The third-order valence-electron chi connectivity index (χ3n) is 4.03. The van der Waals surface area contributed by atoms with E-state index in [0.717, 1.165) is 18.8 Å². The van der Waals surface area contributed by atoms with Crippen LogP contribution in [0, 0.1) is 0 Å². The second-order valence-electron chi connectivity index (χ2n) is 5.91. The molecule has 0 unspecified atom stereocenters. The van der Waals surface area contributed by atoms with Crippen molar-refractivity contribution in [2.45, 2.75) is 18.7 Å². The van der Waals surface area contributed by atoms with Crippen LogP contribution in [0.25, 0.3) is 0 Å². The molecule has 0 aromatic heterocycles. The maximum absolute atomic E-state index is 12.1. The van der Waals surface area contributed by atoms with Gasteiger partial charge in [-0.15, -0.1) is 0 Å². The molecule has 0 saturated carbocycles. The van der Waals surface area contributed by atoms with Gasteiger partial charge in [0.15, 0.2) is 6.61 Å². The summed E-state index contributed by atoms with van der Waals surface area (Å²) in [5.41, 5.74) is 1.71. The summed E-state index contributed by atoms with van der Waals surface area (Å²) >= 11 is 0. The van der Waals surface area contributed by atoms with Crippen LogP contribution in [0.15, 0.2) is 53.4 Å². The third-order valence-corrected chi connectivity index (χ3v) is 4.96. The standard InChI is InChI=1S/C19H23N3O5S/c1-3-22(4-2)16-9-5-14(6-10-16)19(24)27-13-18(23)21-15-7-11-17(12-8-15)28(20,25)26/h5-12H,3-4,13H2,1-2H3,(H,21,23)(H2,20,25,26). The molecule has 9 heteroatoms. The molecule has 2 aromatic rings. The second-order valence-corrected chi connectivity index (χ2v) is 7.47. The van der Waals surface area contributed by atoms with Crippen LogP contribution in [0.4, 0.5) is 11.4 Å². The number of carbonyl (C=O) groups excluding carboxylic acids is 2. The van der Waals surface area contributed by atoms with Crippen molar-refractivity contribution in [2.24, 2.45) is 5.14 Å². The number of carbonyl (C=O) groups is 2. The van der Waals surface area contributed by atoms with E-state index < -0.39 is 28.5 Å². The highest BCUT2D eigenvalue weighted by Gasteiger charge is 2.12. The summed E-state index contributed by atoms with van der Waals surface area (Å²) in [6.45, 7) is 5.35. The lowest BCUT2D eigenvalue weighted by Crippen LogP contribution is -2.22. The van der Waals surface area contributed by atoms with Gasteiger partial charge in [-0.2, -0.15) is 0 Å². The zero-order chi connectivity index (χ0) is 20.7. The molecular weight excluding hydrogens is 382 g/mol. The number of rotatable bonds is 8. The van der Waals surface area contributed by atoms with E-state index in [1.165, 1.54) is 24.3 Å². The number of benzene rings is 2. The fraction of sp³-hybridized carbons (Fsp3) is 0.263. The van der Waals surface area contributed by atoms with Crippen molar-refractivity contribution in [1.82, 2.24) is 0 Å². The summed E-state index contributed by atoms with van der Waals surface area (Å²) in [6.07, 6.45) is 0. The maximum Gasteiger partial charge on any atom is 0.338 e. The van der Waals surface area contributed by atoms with Crippen molar-refractivity contribution >= 4 is 33.3 Å². The summed E-state index contributed by atoms with van der Waals surface area (Å²) in [6, 6.07) is 12.3. The minimum absolute atomic E-state index is 0.0647. The van der Waals surface area contributed by atoms with Crippen LogP contribution in [-0.4, -0.2) is 40.0 Å². The van der Waals surface area contributed by atoms with Crippen LogP contribution in [0.2, 0.25) is 0 Å². The molecule has 150 valence electrons. The molecule has 8 nitrogen and oxygen atoms in total. The molecule has 28 heavy (non-hydrogen) atoms. The molecular formula is C19H23N3O5S. The lowest BCUT2D eigenvalue weighted by atomic mass is 10.2. The summed E-state index contributed by atoms with van der Waals surface area (Å²) < 4.78 is 27.4. The average molecular weight is 405 g/mol. The van der Waals surface area contributed by atoms with Gasteiger partial charge in [0.25, 0.3) is 5.91 Å². The Kier molecular flexibility index (Phi) is 7.13.